The first-order chi connectivity index (χ1) is 12.8. The van der Waals surface area contributed by atoms with Crippen molar-refractivity contribution in [3.05, 3.63) is 64.5 Å². The molecule has 0 aliphatic heterocycles. The summed E-state index contributed by atoms with van der Waals surface area (Å²) in [5.74, 6) is 1.96. The van der Waals surface area contributed by atoms with Crippen LogP contribution in [0, 0.1) is 0 Å². The van der Waals surface area contributed by atoms with Crippen molar-refractivity contribution in [1.29, 1.82) is 0 Å². The Kier molecular flexibility index (Phi) is 4.99. The molecule has 7 heteroatoms. The van der Waals surface area contributed by atoms with E-state index in [0.717, 1.165) is 39.7 Å². The minimum Gasteiger partial charge on any atom is -0.457 e. The zero-order valence-electron chi connectivity index (χ0n) is 14.0. The fourth-order valence-electron chi connectivity index (χ4n) is 2.54. The molecule has 3 N–H and O–H groups in total. The minimum absolute atomic E-state index is 0.405. The lowest BCUT2D eigenvalue weighted by Gasteiger charge is -2.03. The number of rotatable bonds is 6. The third-order valence-electron chi connectivity index (χ3n) is 3.83. The van der Waals surface area contributed by atoms with Crippen LogP contribution in [0.2, 0.25) is 0 Å². The Morgan fingerprint density at radius 3 is 2.92 bits per heavy atom. The van der Waals surface area contributed by atoms with Gasteiger partial charge in [0.2, 0.25) is 0 Å². The topological polar surface area (TPSA) is 76.4 Å². The molecule has 0 aliphatic carbocycles. The molecule has 4 rings (SSSR count). The molecule has 0 aliphatic rings. The van der Waals surface area contributed by atoms with Crippen LogP contribution < -0.4 is 11.1 Å². The van der Waals surface area contributed by atoms with Crippen molar-refractivity contribution in [2.45, 2.75) is 13.0 Å². The highest BCUT2D eigenvalue weighted by atomic mass is 32.1. The number of hydrogen-bond donors (Lipinski definition) is 2. The smallest absolute Gasteiger partial charge is 0.189 e. The number of nitrogens with one attached hydrogen (secondary N) is 1. The number of thiazole rings is 1. The van der Waals surface area contributed by atoms with Gasteiger partial charge in [-0.3, -0.25) is 0 Å². The third-order valence-corrected chi connectivity index (χ3v) is 5.82. The summed E-state index contributed by atoms with van der Waals surface area (Å²) in [6, 6.07) is 16.1. The molecule has 132 valence electrons. The number of aromatic nitrogens is 1. The van der Waals surface area contributed by atoms with E-state index in [0.29, 0.717) is 12.5 Å². The monoisotopic (exact) mass is 382 g/mol. The van der Waals surface area contributed by atoms with Gasteiger partial charge >= 0.3 is 0 Å². The number of para-hydroxylation sites is 1. The largest absolute Gasteiger partial charge is 0.457 e. The molecular weight excluding hydrogens is 364 g/mol. The van der Waals surface area contributed by atoms with Crippen LogP contribution in [-0.4, -0.2) is 17.5 Å². The van der Waals surface area contributed by atoms with Crippen LogP contribution in [-0.2, 0) is 13.0 Å². The summed E-state index contributed by atoms with van der Waals surface area (Å²) < 4.78 is 7.02. The Balaban J connectivity index is 1.35. The van der Waals surface area contributed by atoms with Gasteiger partial charge in [0.05, 0.1) is 10.2 Å². The Bertz CT molecular complexity index is 984. The Morgan fingerprint density at radius 2 is 2.08 bits per heavy atom. The number of benzene rings is 1. The zero-order chi connectivity index (χ0) is 17.8. The SMILES string of the molecule is NC(=NCc1ccc(-c2nc3ccccc3s2)o1)NCCc1cccs1. The van der Waals surface area contributed by atoms with Gasteiger partial charge in [-0.1, -0.05) is 18.2 Å². The summed E-state index contributed by atoms with van der Waals surface area (Å²) >= 11 is 3.37. The zero-order valence-corrected chi connectivity index (χ0v) is 15.6. The van der Waals surface area contributed by atoms with Crippen LogP contribution in [0.25, 0.3) is 21.0 Å². The van der Waals surface area contributed by atoms with Gasteiger partial charge in [-0.15, -0.1) is 22.7 Å². The van der Waals surface area contributed by atoms with E-state index in [4.69, 9.17) is 10.2 Å². The van der Waals surface area contributed by atoms with E-state index in [-0.39, 0.29) is 0 Å². The maximum Gasteiger partial charge on any atom is 0.189 e. The number of hydrogen-bond acceptors (Lipinski definition) is 5. The van der Waals surface area contributed by atoms with Gasteiger partial charge in [0.25, 0.3) is 0 Å². The van der Waals surface area contributed by atoms with Gasteiger partial charge < -0.3 is 15.5 Å². The number of fused-ring (bicyclic) bond motifs is 1. The van der Waals surface area contributed by atoms with Gasteiger partial charge in [-0.25, -0.2) is 9.98 Å². The molecule has 0 amide bonds. The highest BCUT2D eigenvalue weighted by Gasteiger charge is 2.10. The fraction of sp³-hybridized carbons (Fsp3) is 0.158. The first-order valence-electron chi connectivity index (χ1n) is 8.29. The maximum absolute atomic E-state index is 5.92. The van der Waals surface area contributed by atoms with Crippen LogP contribution in [0.5, 0.6) is 0 Å². The van der Waals surface area contributed by atoms with E-state index < -0.39 is 0 Å². The Labute approximate surface area is 159 Å². The quantitative estimate of drug-likeness (QED) is 0.386. The molecule has 0 atom stereocenters. The normalized spacial score (nSPS) is 11.9. The molecule has 0 bridgehead atoms. The molecule has 26 heavy (non-hydrogen) atoms. The lowest BCUT2D eigenvalue weighted by Crippen LogP contribution is -2.33. The average Bonchev–Trinajstić information content (AvgIpc) is 3.39. The molecule has 0 spiro atoms. The minimum atomic E-state index is 0.405. The lowest BCUT2D eigenvalue weighted by atomic mass is 10.3. The van der Waals surface area contributed by atoms with Gasteiger partial charge in [0.1, 0.15) is 12.3 Å². The molecule has 1 aromatic carbocycles. The summed E-state index contributed by atoms with van der Waals surface area (Å²) in [6.45, 7) is 1.17. The Hall–Kier alpha value is -2.64. The third kappa shape index (κ3) is 3.95. The molecule has 3 aromatic heterocycles. The summed E-state index contributed by atoms with van der Waals surface area (Å²) in [6.07, 6.45) is 0.941. The van der Waals surface area contributed by atoms with Crippen LogP contribution in [0.1, 0.15) is 10.6 Å². The standard InChI is InChI=1S/C19H18N4OS2/c20-19(21-10-9-14-4-3-11-25-14)22-12-13-7-8-16(24-13)18-23-15-5-1-2-6-17(15)26-18/h1-8,11H,9-10,12H2,(H3,20,21,22). The molecule has 0 saturated heterocycles. The highest BCUT2D eigenvalue weighted by molar-refractivity contribution is 7.21. The summed E-state index contributed by atoms with van der Waals surface area (Å²) in [4.78, 5) is 10.3. The molecule has 0 fully saturated rings. The number of aliphatic imine (C=N–C) groups is 1. The summed E-state index contributed by atoms with van der Waals surface area (Å²) in [5.41, 5.74) is 6.91. The molecule has 0 unspecified atom stereocenters. The van der Waals surface area contributed by atoms with Crippen molar-refractivity contribution in [3.8, 4) is 10.8 Å². The highest BCUT2D eigenvalue weighted by Crippen LogP contribution is 2.31. The van der Waals surface area contributed by atoms with Crippen LogP contribution in [0.3, 0.4) is 0 Å². The van der Waals surface area contributed by atoms with Gasteiger partial charge in [0, 0.05) is 11.4 Å². The van der Waals surface area contributed by atoms with Crippen molar-refractivity contribution in [2.75, 3.05) is 6.54 Å². The molecular formula is C19H18N4OS2. The van der Waals surface area contributed by atoms with Crippen molar-refractivity contribution in [2.24, 2.45) is 10.7 Å². The van der Waals surface area contributed by atoms with E-state index in [1.54, 1.807) is 22.7 Å². The number of nitrogens with two attached hydrogens (primary N) is 1. The second-order valence-electron chi connectivity index (χ2n) is 5.71. The maximum atomic E-state index is 5.92. The van der Waals surface area contributed by atoms with Gasteiger partial charge in [-0.2, -0.15) is 0 Å². The summed E-state index contributed by atoms with van der Waals surface area (Å²) in [5, 5.41) is 6.08. The van der Waals surface area contributed by atoms with Crippen molar-refractivity contribution >= 4 is 38.8 Å². The van der Waals surface area contributed by atoms with E-state index in [1.165, 1.54) is 4.88 Å². The van der Waals surface area contributed by atoms with Crippen molar-refractivity contribution in [3.63, 3.8) is 0 Å². The van der Waals surface area contributed by atoms with E-state index in [1.807, 2.05) is 30.3 Å². The van der Waals surface area contributed by atoms with E-state index in [9.17, 15) is 0 Å². The molecule has 0 radical (unpaired) electrons. The van der Waals surface area contributed by atoms with E-state index in [2.05, 4.69) is 38.9 Å². The van der Waals surface area contributed by atoms with Crippen molar-refractivity contribution < 1.29 is 4.42 Å². The number of nitrogens with zero attached hydrogens (tertiary/aromatic N) is 2. The van der Waals surface area contributed by atoms with Crippen LogP contribution in [0.4, 0.5) is 0 Å². The predicted molar refractivity (Wildman–Crippen MR) is 109 cm³/mol. The first kappa shape index (κ1) is 16.8. The fourth-order valence-corrected chi connectivity index (χ4v) is 4.18. The van der Waals surface area contributed by atoms with Crippen LogP contribution in [0.15, 0.2) is 63.3 Å². The van der Waals surface area contributed by atoms with Crippen LogP contribution >= 0.6 is 22.7 Å². The number of guanidine groups is 1. The first-order valence-corrected chi connectivity index (χ1v) is 9.98. The van der Waals surface area contributed by atoms with Crippen molar-refractivity contribution in [1.82, 2.24) is 10.3 Å². The molecule has 0 saturated carbocycles. The van der Waals surface area contributed by atoms with Gasteiger partial charge in [-0.05, 0) is 42.1 Å². The van der Waals surface area contributed by atoms with E-state index >= 15 is 0 Å². The van der Waals surface area contributed by atoms with Gasteiger partial charge in [0.15, 0.2) is 16.7 Å². The lowest BCUT2D eigenvalue weighted by molar-refractivity contribution is 0.525. The Morgan fingerprint density at radius 1 is 1.15 bits per heavy atom. The number of thiophene rings is 1. The predicted octanol–water partition coefficient (Wildman–Crippen LogP) is 4.26. The average molecular weight is 383 g/mol. The second-order valence-corrected chi connectivity index (χ2v) is 7.77. The second kappa shape index (κ2) is 7.72. The molecule has 4 aromatic rings. The number of furan rings is 1. The summed E-state index contributed by atoms with van der Waals surface area (Å²) in [7, 11) is 0. The molecule has 5 nitrogen and oxygen atoms in total. The molecule has 3 heterocycles.